The lowest BCUT2D eigenvalue weighted by molar-refractivity contribution is -0.384. The Morgan fingerprint density at radius 3 is 1.17 bits per heavy atom. The maximum Gasteiger partial charge on any atom is 0.274 e. The molecule has 16 nitrogen and oxygen atoms in total. The van der Waals surface area contributed by atoms with Gasteiger partial charge in [-0.3, -0.25) is 10.1 Å². The molecular weight excluding hydrogens is 650 g/mol. The van der Waals surface area contributed by atoms with E-state index in [0.717, 1.165) is 0 Å². The van der Waals surface area contributed by atoms with Crippen LogP contribution in [-0.4, -0.2) is 164 Å². The van der Waals surface area contributed by atoms with E-state index in [0.29, 0.717) is 138 Å². The molecule has 0 aliphatic carbocycles. The van der Waals surface area contributed by atoms with Gasteiger partial charge in [-0.2, -0.15) is 0 Å². The second-order valence-corrected chi connectivity index (χ2v) is 9.67. The first-order valence-corrected chi connectivity index (χ1v) is 15.9. The molecule has 0 bridgehead atoms. The topological polar surface area (TPSA) is 163 Å². The van der Waals surface area contributed by atoms with E-state index >= 15 is 0 Å². The monoisotopic (exact) mass is 701 g/mol. The highest BCUT2D eigenvalue weighted by Gasteiger charge is 2.09. The predicted molar refractivity (Wildman–Crippen MR) is 170 cm³/mol. The number of non-ortho nitro benzene ring substituents is 1. The highest BCUT2D eigenvalue weighted by atomic mass is 35.5. The summed E-state index contributed by atoms with van der Waals surface area (Å²) in [5.41, 5.74) is -0.127. The van der Waals surface area contributed by atoms with Crippen molar-refractivity contribution in [1.29, 1.82) is 0 Å². The second kappa shape index (κ2) is 32.8. The van der Waals surface area contributed by atoms with Gasteiger partial charge in [0.15, 0.2) is 6.29 Å². The number of hydrogen-bond donors (Lipinski definition) is 0. The minimum absolute atomic E-state index is 0.127. The first-order chi connectivity index (χ1) is 23.1. The highest BCUT2D eigenvalue weighted by molar-refractivity contribution is 6.30. The Bertz CT molecular complexity index is 854. The molecule has 0 heterocycles. The predicted octanol–water partition coefficient (Wildman–Crippen LogP) is 2.41. The van der Waals surface area contributed by atoms with E-state index in [1.54, 1.807) is 14.2 Å². The van der Waals surface area contributed by atoms with Crippen LogP contribution in [0.1, 0.15) is 0 Å². The van der Waals surface area contributed by atoms with Gasteiger partial charge in [0.2, 0.25) is 0 Å². The van der Waals surface area contributed by atoms with Gasteiger partial charge in [0.1, 0.15) is 12.4 Å². The minimum atomic E-state index is -0.527. The number of methoxy groups -OCH3 is 2. The number of benzene rings is 1. The molecule has 0 saturated heterocycles. The summed E-state index contributed by atoms with van der Waals surface area (Å²) in [6.45, 7) is 9.30. The summed E-state index contributed by atoms with van der Waals surface area (Å²) in [4.78, 5) is 10.3. The van der Waals surface area contributed by atoms with E-state index in [-0.39, 0.29) is 23.6 Å². The van der Waals surface area contributed by atoms with Gasteiger partial charge in [0.25, 0.3) is 5.69 Å². The van der Waals surface area contributed by atoms with Crippen molar-refractivity contribution in [2.45, 2.75) is 6.29 Å². The fourth-order valence-electron chi connectivity index (χ4n) is 3.35. The van der Waals surface area contributed by atoms with Crippen LogP contribution in [-0.2, 0) is 56.8 Å². The van der Waals surface area contributed by atoms with Crippen molar-refractivity contribution >= 4 is 17.3 Å². The van der Waals surface area contributed by atoms with Crippen molar-refractivity contribution in [3.05, 3.63) is 33.3 Å². The average Bonchev–Trinajstić information content (AvgIpc) is 3.06. The Balaban J connectivity index is 1.69. The Morgan fingerprint density at radius 2 is 0.851 bits per heavy atom. The average molecular weight is 702 g/mol. The maximum atomic E-state index is 10.9. The van der Waals surface area contributed by atoms with E-state index in [1.807, 2.05) is 0 Å². The highest BCUT2D eigenvalue weighted by Crippen LogP contribution is 2.25. The standard InChI is InChI=1S/C30H52ClNO15/c1-35-30(36-2)26-46-20-19-44-16-15-42-12-11-40-8-7-38-4-3-37-5-6-39-9-10-41-13-14-43-17-18-45-21-22-47-29-24-27(31)23-28(25-29)32(33)34/h23-25,30H,3-22,26H2,1-2H3. The lowest BCUT2D eigenvalue weighted by Crippen LogP contribution is -2.21. The molecule has 1 aromatic rings. The van der Waals surface area contributed by atoms with Crippen molar-refractivity contribution in [2.24, 2.45) is 0 Å². The van der Waals surface area contributed by atoms with Crippen LogP contribution in [0.15, 0.2) is 18.2 Å². The van der Waals surface area contributed by atoms with Crippen LogP contribution in [0, 0.1) is 10.1 Å². The van der Waals surface area contributed by atoms with Crippen LogP contribution in [0.3, 0.4) is 0 Å². The van der Waals surface area contributed by atoms with E-state index in [2.05, 4.69) is 0 Å². The van der Waals surface area contributed by atoms with Crippen molar-refractivity contribution in [3.63, 3.8) is 0 Å². The first kappa shape index (κ1) is 43.3. The molecule has 0 aliphatic rings. The van der Waals surface area contributed by atoms with Gasteiger partial charge >= 0.3 is 0 Å². The Morgan fingerprint density at radius 1 is 0.532 bits per heavy atom. The van der Waals surface area contributed by atoms with Crippen LogP contribution in [0.4, 0.5) is 5.69 Å². The van der Waals surface area contributed by atoms with Crippen LogP contribution >= 0.6 is 11.6 Å². The third kappa shape index (κ3) is 27.8. The summed E-state index contributed by atoms with van der Waals surface area (Å²) in [5, 5.41) is 11.1. The number of nitro groups is 1. The molecular formula is C30H52ClNO15. The lowest BCUT2D eigenvalue weighted by atomic mass is 10.3. The molecule has 47 heavy (non-hydrogen) atoms. The zero-order chi connectivity index (χ0) is 34.0. The molecule has 0 N–H and O–H groups in total. The van der Waals surface area contributed by atoms with E-state index < -0.39 is 4.92 Å². The van der Waals surface area contributed by atoms with E-state index in [4.69, 9.17) is 73.2 Å². The summed E-state index contributed by atoms with van der Waals surface area (Å²) in [5.74, 6) is 0.317. The van der Waals surface area contributed by atoms with Crippen molar-refractivity contribution in [2.75, 3.05) is 153 Å². The van der Waals surface area contributed by atoms with Crippen LogP contribution in [0.25, 0.3) is 0 Å². The zero-order valence-corrected chi connectivity index (χ0v) is 28.4. The van der Waals surface area contributed by atoms with Crippen molar-refractivity contribution in [1.82, 2.24) is 0 Å². The number of rotatable bonds is 36. The first-order valence-electron chi connectivity index (χ1n) is 15.5. The molecule has 0 saturated carbocycles. The Kier molecular flexibility index (Phi) is 30.1. The molecule has 0 atom stereocenters. The van der Waals surface area contributed by atoms with Crippen molar-refractivity contribution < 1.29 is 66.5 Å². The second-order valence-electron chi connectivity index (χ2n) is 9.24. The number of hydrogen-bond acceptors (Lipinski definition) is 15. The molecule has 0 spiro atoms. The van der Waals surface area contributed by atoms with Gasteiger partial charge < -0.3 is 61.6 Å². The van der Waals surface area contributed by atoms with E-state index in [9.17, 15) is 10.1 Å². The van der Waals surface area contributed by atoms with Gasteiger partial charge in [0.05, 0.1) is 148 Å². The molecule has 0 amide bonds. The molecule has 1 aromatic carbocycles. The third-order valence-electron chi connectivity index (χ3n) is 5.69. The summed E-state index contributed by atoms with van der Waals surface area (Å²) >= 11 is 5.85. The molecule has 0 radical (unpaired) electrons. The Labute approximate surface area is 282 Å². The minimum Gasteiger partial charge on any atom is -0.491 e. The van der Waals surface area contributed by atoms with Crippen LogP contribution < -0.4 is 4.74 Å². The zero-order valence-electron chi connectivity index (χ0n) is 27.6. The molecule has 0 aliphatic heterocycles. The van der Waals surface area contributed by atoms with Crippen molar-refractivity contribution in [3.8, 4) is 5.75 Å². The quantitative estimate of drug-likeness (QED) is 0.0433. The number of nitro benzene ring substituents is 1. The number of halogens is 1. The van der Waals surface area contributed by atoms with Gasteiger partial charge in [-0.15, -0.1) is 0 Å². The largest absolute Gasteiger partial charge is 0.491 e. The third-order valence-corrected chi connectivity index (χ3v) is 5.91. The summed E-state index contributed by atoms with van der Waals surface area (Å²) in [6.07, 6.45) is -0.360. The van der Waals surface area contributed by atoms with Crippen LogP contribution in [0.5, 0.6) is 5.75 Å². The van der Waals surface area contributed by atoms with Gasteiger partial charge in [0, 0.05) is 20.3 Å². The summed E-state index contributed by atoms with van der Waals surface area (Å²) in [6, 6.07) is 4.08. The molecule has 0 fully saturated rings. The molecule has 0 aromatic heterocycles. The smallest absolute Gasteiger partial charge is 0.274 e. The maximum absolute atomic E-state index is 10.9. The fraction of sp³-hybridized carbons (Fsp3) is 0.800. The normalized spacial score (nSPS) is 11.5. The number of nitrogens with zero attached hydrogens (tertiary/aromatic N) is 1. The molecule has 274 valence electrons. The molecule has 0 unspecified atom stereocenters. The SMILES string of the molecule is COC(COCCOCCOCCOCCOCCOCCOCCOCCOCCOCCOc1cc(Cl)cc([N+](=O)[O-])c1)OC. The van der Waals surface area contributed by atoms with Gasteiger partial charge in [-0.05, 0) is 6.07 Å². The lowest BCUT2D eigenvalue weighted by Gasteiger charge is -2.13. The number of ether oxygens (including phenoxy) is 13. The van der Waals surface area contributed by atoms with E-state index in [1.165, 1.54) is 18.2 Å². The van der Waals surface area contributed by atoms with Crippen LogP contribution in [0.2, 0.25) is 5.02 Å². The van der Waals surface area contributed by atoms with Gasteiger partial charge in [-0.25, -0.2) is 0 Å². The summed E-state index contributed by atoms with van der Waals surface area (Å²) < 4.78 is 69.8. The Hall–Kier alpha value is -1.77. The van der Waals surface area contributed by atoms with Gasteiger partial charge in [-0.1, -0.05) is 11.6 Å². The molecule has 1 rings (SSSR count). The fourth-order valence-corrected chi connectivity index (χ4v) is 3.57. The molecule has 17 heteroatoms. The summed E-state index contributed by atoms with van der Waals surface area (Å²) in [7, 11) is 3.13.